The summed E-state index contributed by atoms with van der Waals surface area (Å²) in [6.07, 6.45) is 0. The Labute approximate surface area is 131 Å². The van der Waals surface area contributed by atoms with Gasteiger partial charge in [-0.1, -0.05) is 17.3 Å². The van der Waals surface area contributed by atoms with E-state index in [0.29, 0.717) is 0 Å². The molecule has 1 aromatic heterocycles. The number of hydrogen-bond acceptors (Lipinski definition) is 5. The van der Waals surface area contributed by atoms with Crippen LogP contribution in [0.2, 0.25) is 0 Å². The number of nitrogens with zero attached hydrogens (tertiary/aromatic N) is 2. The molecule has 2 aromatic rings. The van der Waals surface area contributed by atoms with Crippen molar-refractivity contribution in [2.45, 2.75) is 35.8 Å². The van der Waals surface area contributed by atoms with Crippen LogP contribution in [-0.2, 0) is 15.2 Å². The zero-order valence-corrected chi connectivity index (χ0v) is 13.5. The molecule has 0 aliphatic rings. The molecule has 0 N–H and O–H groups in total. The molecule has 0 aliphatic carbocycles. The van der Waals surface area contributed by atoms with Gasteiger partial charge in [0.15, 0.2) is 9.84 Å². The average molecular weight is 351 g/mol. The maximum atomic E-state index is 12.9. The molecule has 0 unspecified atom stereocenters. The maximum Gasteiger partial charge on any atom is 0.400 e. The smallest absolute Gasteiger partial charge is 0.331 e. The minimum absolute atomic E-state index is 0.0430. The third kappa shape index (κ3) is 3.12. The van der Waals surface area contributed by atoms with Crippen molar-refractivity contribution in [3.8, 4) is 11.4 Å². The van der Waals surface area contributed by atoms with E-state index in [0.717, 1.165) is 0 Å². The third-order valence-corrected chi connectivity index (χ3v) is 5.53. The van der Waals surface area contributed by atoms with Gasteiger partial charge >= 0.3 is 11.3 Å². The lowest BCUT2D eigenvalue weighted by Gasteiger charge is -2.19. The number of rotatable bonds is 3. The lowest BCUT2D eigenvalue weighted by atomic mass is 10.2. The molecule has 22 heavy (non-hydrogen) atoms. The van der Waals surface area contributed by atoms with E-state index in [9.17, 15) is 17.2 Å². The Morgan fingerprint density at radius 1 is 1.23 bits per heavy atom. The molecule has 2 rings (SSSR count). The van der Waals surface area contributed by atoms with Crippen molar-refractivity contribution < 1.29 is 21.7 Å². The average Bonchev–Trinajstić information content (AvgIpc) is 2.87. The van der Waals surface area contributed by atoms with E-state index in [2.05, 4.69) is 14.7 Å². The third-order valence-electron chi connectivity index (χ3n) is 2.88. The molecule has 120 valence electrons. The number of hydrogen-bond donors (Lipinski definition) is 0. The van der Waals surface area contributed by atoms with Gasteiger partial charge in [-0.05, 0) is 44.5 Å². The fourth-order valence-corrected chi connectivity index (χ4v) is 2.94. The highest BCUT2D eigenvalue weighted by Crippen LogP contribution is 2.33. The number of benzene rings is 1. The van der Waals surface area contributed by atoms with E-state index in [1.807, 2.05) is 0 Å². The summed E-state index contributed by atoms with van der Waals surface area (Å²) in [5, 5.41) is -0.385. The van der Waals surface area contributed by atoms with Crippen LogP contribution in [0.25, 0.3) is 11.4 Å². The van der Waals surface area contributed by atoms with Gasteiger partial charge in [0.2, 0.25) is 5.82 Å². The zero-order chi connectivity index (χ0) is 16.8. The molecule has 0 fully saturated rings. The van der Waals surface area contributed by atoms with Gasteiger partial charge in [-0.15, -0.1) is 0 Å². The summed E-state index contributed by atoms with van der Waals surface area (Å²) in [5.74, 6) is -1.21. The first-order valence-electron chi connectivity index (χ1n) is 6.19. The Hall–Kier alpha value is -1.54. The van der Waals surface area contributed by atoms with E-state index in [1.165, 1.54) is 24.3 Å². The van der Waals surface area contributed by atoms with Crippen LogP contribution in [0.3, 0.4) is 0 Å². The minimum atomic E-state index is -3.78. The summed E-state index contributed by atoms with van der Waals surface area (Å²) in [6.45, 7) is 4.69. The molecule has 0 aliphatic heterocycles. The summed E-state index contributed by atoms with van der Waals surface area (Å²) in [5.41, 5.74) is 0.237. The quantitative estimate of drug-likeness (QED) is 0.791. The van der Waals surface area contributed by atoms with Crippen molar-refractivity contribution in [3.63, 3.8) is 0 Å². The molecular formula is C13H13ClF2N2O3S. The zero-order valence-electron chi connectivity index (χ0n) is 12.0. The van der Waals surface area contributed by atoms with Crippen LogP contribution in [0, 0.1) is 0 Å². The van der Waals surface area contributed by atoms with E-state index in [-0.39, 0.29) is 16.3 Å². The van der Waals surface area contributed by atoms with Gasteiger partial charge in [0.1, 0.15) is 0 Å². The first kappa shape index (κ1) is 16.8. The number of halogens is 3. The molecule has 1 heterocycles. The molecule has 1 aromatic carbocycles. The molecule has 0 saturated carbocycles. The number of sulfone groups is 1. The monoisotopic (exact) mass is 350 g/mol. The molecule has 0 bridgehead atoms. The second-order valence-corrected chi connectivity index (χ2v) is 8.74. The Kier molecular flexibility index (Phi) is 4.03. The highest BCUT2D eigenvalue weighted by molar-refractivity contribution is 7.92. The van der Waals surface area contributed by atoms with Crippen LogP contribution < -0.4 is 0 Å². The SMILES string of the molecule is CC(C)(C)S(=O)(=O)c1cccc(-c2noc(C(F)(F)Cl)n2)c1. The van der Waals surface area contributed by atoms with E-state index < -0.39 is 25.9 Å². The van der Waals surface area contributed by atoms with Crippen LogP contribution in [0.15, 0.2) is 33.7 Å². The van der Waals surface area contributed by atoms with Crippen molar-refractivity contribution >= 4 is 21.4 Å². The lowest BCUT2D eigenvalue weighted by molar-refractivity contribution is 0.0551. The van der Waals surface area contributed by atoms with Gasteiger partial charge < -0.3 is 4.52 Å². The molecule has 0 saturated heterocycles. The van der Waals surface area contributed by atoms with Gasteiger partial charge in [-0.2, -0.15) is 13.8 Å². The Bertz CT molecular complexity index is 792. The van der Waals surface area contributed by atoms with Crippen molar-refractivity contribution in [1.82, 2.24) is 10.1 Å². The van der Waals surface area contributed by atoms with Gasteiger partial charge in [-0.25, -0.2) is 8.42 Å². The van der Waals surface area contributed by atoms with Crippen molar-refractivity contribution in [1.29, 1.82) is 0 Å². The van der Waals surface area contributed by atoms with Gasteiger partial charge in [0, 0.05) is 5.56 Å². The first-order chi connectivity index (χ1) is 9.93. The van der Waals surface area contributed by atoms with Gasteiger partial charge in [0.05, 0.1) is 9.64 Å². The van der Waals surface area contributed by atoms with Crippen LogP contribution in [-0.4, -0.2) is 23.3 Å². The summed E-state index contributed by atoms with van der Waals surface area (Å²) in [6, 6.07) is 5.69. The van der Waals surface area contributed by atoms with Gasteiger partial charge in [-0.3, -0.25) is 0 Å². The highest BCUT2D eigenvalue weighted by Gasteiger charge is 2.36. The second-order valence-electron chi connectivity index (χ2n) is 5.56. The van der Waals surface area contributed by atoms with E-state index in [1.54, 1.807) is 20.8 Å². The normalized spacial score (nSPS) is 13.4. The molecule has 0 atom stereocenters. The van der Waals surface area contributed by atoms with Crippen molar-refractivity contribution in [2.75, 3.05) is 0 Å². The van der Waals surface area contributed by atoms with Gasteiger partial charge in [0.25, 0.3) is 0 Å². The molecule has 0 spiro atoms. The lowest BCUT2D eigenvalue weighted by Crippen LogP contribution is -2.27. The second kappa shape index (κ2) is 5.27. The fraction of sp³-hybridized carbons (Fsp3) is 0.385. The summed E-state index contributed by atoms with van der Waals surface area (Å²) < 4.78 is 53.9. The summed E-state index contributed by atoms with van der Waals surface area (Å²) in [4.78, 5) is 3.53. The fourth-order valence-electron chi connectivity index (χ4n) is 1.61. The summed E-state index contributed by atoms with van der Waals surface area (Å²) >= 11 is 4.80. The molecule has 9 heteroatoms. The Balaban J connectivity index is 2.48. The van der Waals surface area contributed by atoms with Crippen molar-refractivity contribution in [2.24, 2.45) is 0 Å². The molecule has 5 nitrogen and oxygen atoms in total. The van der Waals surface area contributed by atoms with Crippen LogP contribution in [0.5, 0.6) is 0 Å². The topological polar surface area (TPSA) is 73.1 Å². The van der Waals surface area contributed by atoms with Crippen LogP contribution in [0.4, 0.5) is 8.78 Å². The Morgan fingerprint density at radius 3 is 2.36 bits per heavy atom. The van der Waals surface area contributed by atoms with E-state index >= 15 is 0 Å². The largest absolute Gasteiger partial charge is 0.400 e. The number of alkyl halides is 3. The minimum Gasteiger partial charge on any atom is -0.331 e. The first-order valence-corrected chi connectivity index (χ1v) is 8.05. The van der Waals surface area contributed by atoms with Crippen LogP contribution >= 0.6 is 11.6 Å². The highest BCUT2D eigenvalue weighted by atomic mass is 35.5. The van der Waals surface area contributed by atoms with Crippen LogP contribution in [0.1, 0.15) is 26.7 Å². The predicted octanol–water partition coefficient (Wildman–Crippen LogP) is 3.60. The maximum absolute atomic E-state index is 12.9. The number of aromatic nitrogens is 2. The molecule has 0 radical (unpaired) electrons. The van der Waals surface area contributed by atoms with E-state index in [4.69, 9.17) is 11.6 Å². The standard InChI is InChI=1S/C13H13ClF2N2O3S/c1-12(2,3)22(19,20)9-6-4-5-8(7-9)10-17-11(21-18-10)13(14,15)16/h4-7H,1-3H3. The Morgan fingerprint density at radius 2 is 1.86 bits per heavy atom. The predicted molar refractivity (Wildman–Crippen MR) is 76.4 cm³/mol. The van der Waals surface area contributed by atoms with Crippen molar-refractivity contribution in [3.05, 3.63) is 30.2 Å². The molecular weight excluding hydrogens is 338 g/mol. The summed E-state index contributed by atoms with van der Waals surface area (Å²) in [7, 11) is -3.59. The molecule has 0 amide bonds.